The molecule has 2 nitrogen and oxygen atoms in total. The van der Waals surface area contributed by atoms with Crippen molar-refractivity contribution in [2.24, 2.45) is 0 Å². The number of aryl methyl sites for hydroxylation is 1. The monoisotopic (exact) mass is 234 g/mol. The second-order valence-electron chi connectivity index (χ2n) is 3.51. The zero-order valence-corrected chi connectivity index (χ0v) is 10.4. The first-order valence-corrected chi connectivity index (χ1v) is 5.96. The summed E-state index contributed by atoms with van der Waals surface area (Å²) in [6.45, 7) is 2.10. The number of rotatable bonds is 3. The number of thiophene rings is 1. The fourth-order valence-electron chi connectivity index (χ4n) is 1.74. The second kappa shape index (κ2) is 4.58. The molecule has 2 aromatic rings. The molecule has 0 saturated heterocycles. The third kappa shape index (κ3) is 1.78. The largest absolute Gasteiger partial charge is 0.493 e. The summed E-state index contributed by atoms with van der Waals surface area (Å²) in [6.07, 6.45) is 0. The zero-order chi connectivity index (χ0) is 11.5. The van der Waals surface area contributed by atoms with Crippen molar-refractivity contribution >= 4 is 11.3 Å². The summed E-state index contributed by atoms with van der Waals surface area (Å²) in [5.41, 5.74) is 3.55. The molecule has 16 heavy (non-hydrogen) atoms. The Hall–Kier alpha value is -1.48. The van der Waals surface area contributed by atoms with Gasteiger partial charge in [-0.1, -0.05) is 12.1 Å². The molecular formula is C13H14O2S. The van der Waals surface area contributed by atoms with Gasteiger partial charge in [-0.25, -0.2) is 0 Å². The average molecular weight is 234 g/mol. The summed E-state index contributed by atoms with van der Waals surface area (Å²) in [6, 6.07) is 5.94. The van der Waals surface area contributed by atoms with Crippen LogP contribution >= 0.6 is 11.3 Å². The van der Waals surface area contributed by atoms with E-state index in [-0.39, 0.29) is 0 Å². The topological polar surface area (TPSA) is 18.5 Å². The number of hydrogen-bond acceptors (Lipinski definition) is 3. The molecule has 0 amide bonds. The number of ether oxygens (including phenoxy) is 2. The van der Waals surface area contributed by atoms with Gasteiger partial charge in [-0.05, 0) is 34.9 Å². The molecule has 0 saturated carbocycles. The molecule has 84 valence electrons. The maximum atomic E-state index is 5.43. The summed E-state index contributed by atoms with van der Waals surface area (Å²) in [7, 11) is 3.32. The van der Waals surface area contributed by atoms with Gasteiger partial charge in [0.25, 0.3) is 0 Å². The third-order valence-corrected chi connectivity index (χ3v) is 3.41. The van der Waals surface area contributed by atoms with Crippen LogP contribution in [0.15, 0.2) is 29.0 Å². The van der Waals surface area contributed by atoms with Crippen molar-refractivity contribution in [3.8, 4) is 22.6 Å². The fourth-order valence-corrected chi connectivity index (χ4v) is 2.58. The first kappa shape index (κ1) is 11.0. The molecule has 0 bridgehead atoms. The van der Waals surface area contributed by atoms with E-state index in [4.69, 9.17) is 9.47 Å². The highest BCUT2D eigenvalue weighted by atomic mass is 32.1. The molecule has 0 radical (unpaired) electrons. The molecule has 0 unspecified atom stereocenters. The van der Waals surface area contributed by atoms with E-state index in [2.05, 4.69) is 23.8 Å². The molecule has 0 fully saturated rings. The molecule has 1 heterocycles. The smallest absolute Gasteiger partial charge is 0.168 e. The molecule has 0 N–H and O–H groups in total. The first-order valence-electron chi connectivity index (χ1n) is 5.02. The maximum Gasteiger partial charge on any atom is 0.168 e. The van der Waals surface area contributed by atoms with E-state index in [9.17, 15) is 0 Å². The van der Waals surface area contributed by atoms with Gasteiger partial charge in [0.15, 0.2) is 11.5 Å². The predicted octanol–water partition coefficient (Wildman–Crippen LogP) is 3.74. The standard InChI is InChI=1S/C13H14O2S/c1-9-7-16-8-11(9)10-5-4-6-12(14-2)13(10)15-3/h4-8H,1-3H3. The van der Waals surface area contributed by atoms with Crippen LogP contribution in [0.2, 0.25) is 0 Å². The molecule has 0 atom stereocenters. The highest BCUT2D eigenvalue weighted by Crippen LogP contribution is 2.39. The Morgan fingerprint density at radius 2 is 1.81 bits per heavy atom. The molecule has 0 aliphatic carbocycles. The lowest BCUT2D eigenvalue weighted by Gasteiger charge is -2.12. The van der Waals surface area contributed by atoms with Gasteiger partial charge in [0.2, 0.25) is 0 Å². The van der Waals surface area contributed by atoms with Crippen LogP contribution in [0.1, 0.15) is 5.56 Å². The summed E-state index contributed by atoms with van der Waals surface area (Å²) in [4.78, 5) is 0. The van der Waals surface area contributed by atoms with Crippen LogP contribution in [-0.2, 0) is 0 Å². The molecular weight excluding hydrogens is 220 g/mol. The van der Waals surface area contributed by atoms with Crippen LogP contribution in [-0.4, -0.2) is 14.2 Å². The van der Waals surface area contributed by atoms with Crippen molar-refractivity contribution in [2.75, 3.05) is 14.2 Å². The normalized spacial score (nSPS) is 10.2. The van der Waals surface area contributed by atoms with Crippen LogP contribution in [0.25, 0.3) is 11.1 Å². The van der Waals surface area contributed by atoms with Crippen molar-refractivity contribution in [3.05, 3.63) is 34.5 Å². The van der Waals surface area contributed by atoms with Gasteiger partial charge < -0.3 is 9.47 Å². The second-order valence-corrected chi connectivity index (χ2v) is 4.25. The lowest BCUT2D eigenvalue weighted by molar-refractivity contribution is 0.356. The Balaban J connectivity index is 2.61. The first-order chi connectivity index (χ1) is 7.77. The van der Waals surface area contributed by atoms with E-state index in [1.54, 1.807) is 25.6 Å². The van der Waals surface area contributed by atoms with Crippen LogP contribution < -0.4 is 9.47 Å². The number of para-hydroxylation sites is 1. The lowest BCUT2D eigenvalue weighted by atomic mass is 10.0. The van der Waals surface area contributed by atoms with Crippen molar-refractivity contribution in [1.82, 2.24) is 0 Å². The van der Waals surface area contributed by atoms with Crippen LogP contribution in [0.4, 0.5) is 0 Å². The zero-order valence-electron chi connectivity index (χ0n) is 9.61. The fraction of sp³-hybridized carbons (Fsp3) is 0.231. The molecule has 0 aliphatic rings. The van der Waals surface area contributed by atoms with Gasteiger partial charge in [-0.15, -0.1) is 0 Å². The van der Waals surface area contributed by atoms with Crippen molar-refractivity contribution in [3.63, 3.8) is 0 Å². The third-order valence-electron chi connectivity index (χ3n) is 2.55. The Labute approximate surface area is 99.5 Å². The Morgan fingerprint density at radius 3 is 2.38 bits per heavy atom. The quantitative estimate of drug-likeness (QED) is 0.805. The molecule has 2 rings (SSSR count). The molecule has 0 spiro atoms. The molecule has 0 aliphatic heterocycles. The van der Waals surface area contributed by atoms with Crippen LogP contribution in [0, 0.1) is 6.92 Å². The van der Waals surface area contributed by atoms with Gasteiger partial charge in [-0.3, -0.25) is 0 Å². The molecule has 1 aromatic heterocycles. The number of methoxy groups -OCH3 is 2. The minimum Gasteiger partial charge on any atom is -0.493 e. The maximum absolute atomic E-state index is 5.43. The summed E-state index contributed by atoms with van der Waals surface area (Å²) in [5, 5.41) is 4.26. The highest BCUT2D eigenvalue weighted by molar-refractivity contribution is 7.08. The Kier molecular flexibility index (Phi) is 3.15. The van der Waals surface area contributed by atoms with Crippen LogP contribution in [0.3, 0.4) is 0 Å². The number of benzene rings is 1. The minimum absolute atomic E-state index is 0.769. The highest BCUT2D eigenvalue weighted by Gasteiger charge is 2.13. The van der Waals surface area contributed by atoms with Gasteiger partial charge in [0, 0.05) is 5.56 Å². The van der Waals surface area contributed by atoms with Gasteiger partial charge >= 0.3 is 0 Å². The predicted molar refractivity (Wildman–Crippen MR) is 67.6 cm³/mol. The van der Waals surface area contributed by atoms with E-state index < -0.39 is 0 Å². The van der Waals surface area contributed by atoms with Gasteiger partial charge in [-0.2, -0.15) is 11.3 Å². The summed E-state index contributed by atoms with van der Waals surface area (Å²) >= 11 is 1.70. The minimum atomic E-state index is 0.769. The van der Waals surface area contributed by atoms with E-state index in [1.807, 2.05) is 12.1 Å². The molecule has 1 aromatic carbocycles. The molecule has 3 heteroatoms. The van der Waals surface area contributed by atoms with Gasteiger partial charge in [0.05, 0.1) is 14.2 Å². The van der Waals surface area contributed by atoms with E-state index >= 15 is 0 Å². The van der Waals surface area contributed by atoms with Crippen LogP contribution in [0.5, 0.6) is 11.5 Å². The van der Waals surface area contributed by atoms with E-state index in [1.165, 1.54) is 11.1 Å². The lowest BCUT2D eigenvalue weighted by Crippen LogP contribution is -1.93. The van der Waals surface area contributed by atoms with Crippen molar-refractivity contribution in [2.45, 2.75) is 6.92 Å². The van der Waals surface area contributed by atoms with E-state index in [0.29, 0.717) is 0 Å². The Bertz CT molecular complexity index is 488. The van der Waals surface area contributed by atoms with E-state index in [0.717, 1.165) is 17.1 Å². The Morgan fingerprint density at radius 1 is 1.00 bits per heavy atom. The van der Waals surface area contributed by atoms with Gasteiger partial charge in [0.1, 0.15) is 0 Å². The van der Waals surface area contributed by atoms with Crippen molar-refractivity contribution in [1.29, 1.82) is 0 Å². The summed E-state index contributed by atoms with van der Waals surface area (Å²) < 4.78 is 10.7. The van der Waals surface area contributed by atoms with Crippen molar-refractivity contribution < 1.29 is 9.47 Å². The number of hydrogen-bond donors (Lipinski definition) is 0. The average Bonchev–Trinajstić information content (AvgIpc) is 2.74. The SMILES string of the molecule is COc1cccc(-c2cscc2C)c1OC. The summed E-state index contributed by atoms with van der Waals surface area (Å²) in [5.74, 6) is 1.57.